The van der Waals surface area contributed by atoms with Crippen LogP contribution in [0, 0.1) is 0 Å². The van der Waals surface area contributed by atoms with Crippen LogP contribution in [0.4, 0.5) is 0 Å². The molecule has 1 saturated heterocycles. The summed E-state index contributed by atoms with van der Waals surface area (Å²) in [5.74, 6) is -1.86. The van der Waals surface area contributed by atoms with Crippen molar-refractivity contribution in [3.8, 4) is 0 Å². The molecule has 2 atom stereocenters. The standard InChI is InChI=1S/C10H10ClN3O3/c11-8-7(15)10(9(16)17,14-13-8)4-6-2-1-3-12-5-6/h1-3,5,8,13-14H,4H2,(H,16,17). The van der Waals surface area contributed by atoms with Crippen LogP contribution in [0.1, 0.15) is 5.56 Å². The highest BCUT2D eigenvalue weighted by molar-refractivity contribution is 6.35. The number of carboxylic acids is 1. The maximum atomic E-state index is 11.8. The predicted octanol–water partition coefficient (Wildman–Crippen LogP) is -0.311. The van der Waals surface area contributed by atoms with Crippen LogP contribution in [-0.2, 0) is 16.0 Å². The number of hydrogen-bond donors (Lipinski definition) is 3. The number of aliphatic carboxylic acids is 1. The van der Waals surface area contributed by atoms with Crippen molar-refractivity contribution in [3.05, 3.63) is 30.1 Å². The van der Waals surface area contributed by atoms with E-state index in [4.69, 9.17) is 11.6 Å². The van der Waals surface area contributed by atoms with E-state index >= 15 is 0 Å². The molecule has 1 fully saturated rings. The number of alkyl halides is 1. The van der Waals surface area contributed by atoms with Gasteiger partial charge in [0.25, 0.3) is 0 Å². The Morgan fingerprint density at radius 2 is 2.41 bits per heavy atom. The van der Waals surface area contributed by atoms with Gasteiger partial charge >= 0.3 is 5.97 Å². The van der Waals surface area contributed by atoms with Crippen molar-refractivity contribution in [2.75, 3.05) is 0 Å². The molecule has 2 rings (SSSR count). The predicted molar refractivity (Wildman–Crippen MR) is 59.2 cm³/mol. The minimum absolute atomic E-state index is 0.00870. The Balaban J connectivity index is 2.31. The Morgan fingerprint density at radius 1 is 1.65 bits per heavy atom. The highest BCUT2D eigenvalue weighted by atomic mass is 35.5. The molecule has 0 aromatic carbocycles. The second-order valence-electron chi connectivity index (χ2n) is 3.74. The number of carboxylic acid groups (broad SMARTS) is 1. The van der Waals surface area contributed by atoms with E-state index in [1.54, 1.807) is 18.3 Å². The summed E-state index contributed by atoms with van der Waals surface area (Å²) >= 11 is 5.66. The van der Waals surface area contributed by atoms with Gasteiger partial charge in [-0.25, -0.2) is 15.6 Å². The fraction of sp³-hybridized carbons (Fsp3) is 0.300. The van der Waals surface area contributed by atoms with Crippen molar-refractivity contribution in [1.29, 1.82) is 0 Å². The normalized spacial score (nSPS) is 28.3. The Labute approximate surface area is 102 Å². The number of carbonyl (C=O) groups is 2. The number of hydrogen-bond acceptors (Lipinski definition) is 5. The van der Waals surface area contributed by atoms with Crippen LogP contribution in [0.15, 0.2) is 24.5 Å². The van der Waals surface area contributed by atoms with Crippen molar-refractivity contribution in [2.45, 2.75) is 17.5 Å². The van der Waals surface area contributed by atoms with Gasteiger partial charge in [0.15, 0.2) is 16.8 Å². The SMILES string of the molecule is O=C(O)C1(Cc2cccnc2)NNC(Cl)C1=O. The fourth-order valence-electron chi connectivity index (χ4n) is 1.70. The molecule has 1 aliphatic rings. The van der Waals surface area contributed by atoms with Crippen LogP contribution in [0.3, 0.4) is 0 Å². The van der Waals surface area contributed by atoms with Gasteiger partial charge in [-0.1, -0.05) is 17.7 Å². The van der Waals surface area contributed by atoms with Crippen LogP contribution >= 0.6 is 11.6 Å². The molecule has 17 heavy (non-hydrogen) atoms. The summed E-state index contributed by atoms with van der Waals surface area (Å²) in [6.45, 7) is 0. The van der Waals surface area contributed by atoms with Crippen LogP contribution in [0.2, 0.25) is 0 Å². The molecule has 2 unspecified atom stereocenters. The minimum atomic E-state index is -1.73. The summed E-state index contributed by atoms with van der Waals surface area (Å²) in [4.78, 5) is 27.0. The smallest absolute Gasteiger partial charge is 0.333 e. The number of aromatic nitrogens is 1. The van der Waals surface area contributed by atoms with E-state index in [0.717, 1.165) is 0 Å². The molecule has 0 amide bonds. The summed E-state index contributed by atoms with van der Waals surface area (Å²) in [6, 6.07) is 3.38. The first kappa shape index (κ1) is 12.0. The van der Waals surface area contributed by atoms with Gasteiger partial charge in [0.2, 0.25) is 0 Å². The first-order valence-corrected chi connectivity index (χ1v) is 5.33. The van der Waals surface area contributed by atoms with Crippen molar-refractivity contribution < 1.29 is 14.7 Å². The average Bonchev–Trinajstić information content (AvgIpc) is 2.60. The third kappa shape index (κ3) is 2.02. The number of carbonyl (C=O) groups excluding carboxylic acids is 1. The van der Waals surface area contributed by atoms with Gasteiger partial charge in [-0.05, 0) is 11.6 Å². The molecule has 6 nitrogen and oxygen atoms in total. The number of ketones is 1. The molecule has 1 aliphatic heterocycles. The zero-order chi connectivity index (χ0) is 12.5. The molecule has 1 aromatic rings. The second kappa shape index (κ2) is 4.40. The van der Waals surface area contributed by atoms with E-state index in [1.807, 2.05) is 0 Å². The molecule has 3 N–H and O–H groups in total. The molecular formula is C10H10ClN3O3. The van der Waals surface area contributed by atoms with Crippen molar-refractivity contribution in [3.63, 3.8) is 0 Å². The zero-order valence-electron chi connectivity index (χ0n) is 8.68. The average molecular weight is 256 g/mol. The lowest BCUT2D eigenvalue weighted by Crippen LogP contribution is -2.56. The van der Waals surface area contributed by atoms with Gasteiger partial charge in [-0.2, -0.15) is 0 Å². The number of nitrogens with zero attached hydrogens (tertiary/aromatic N) is 1. The molecule has 0 bridgehead atoms. The third-order valence-corrected chi connectivity index (χ3v) is 2.93. The summed E-state index contributed by atoms with van der Waals surface area (Å²) in [5, 5.41) is 9.21. The molecule has 0 aliphatic carbocycles. The maximum Gasteiger partial charge on any atom is 0.333 e. The molecule has 0 saturated carbocycles. The molecule has 1 aromatic heterocycles. The minimum Gasteiger partial charge on any atom is -0.479 e. The quantitative estimate of drug-likeness (QED) is 0.390. The van der Waals surface area contributed by atoms with Gasteiger partial charge in [0, 0.05) is 18.8 Å². The van der Waals surface area contributed by atoms with Crippen LogP contribution in [0.5, 0.6) is 0 Å². The van der Waals surface area contributed by atoms with Crippen LogP contribution in [0.25, 0.3) is 0 Å². The summed E-state index contributed by atoms with van der Waals surface area (Å²) in [6.07, 6.45) is 3.08. The number of hydrazine groups is 1. The lowest BCUT2D eigenvalue weighted by molar-refractivity contribution is -0.148. The lowest BCUT2D eigenvalue weighted by Gasteiger charge is -2.21. The van der Waals surface area contributed by atoms with E-state index in [9.17, 15) is 14.7 Å². The number of rotatable bonds is 3. The van der Waals surface area contributed by atoms with E-state index in [0.29, 0.717) is 5.56 Å². The second-order valence-corrected chi connectivity index (χ2v) is 4.18. The number of halogens is 1. The van der Waals surface area contributed by atoms with Crippen LogP contribution < -0.4 is 10.9 Å². The number of pyridine rings is 1. The van der Waals surface area contributed by atoms with Crippen LogP contribution in [-0.4, -0.2) is 32.9 Å². The first-order valence-electron chi connectivity index (χ1n) is 4.89. The molecular weight excluding hydrogens is 246 g/mol. The zero-order valence-corrected chi connectivity index (χ0v) is 9.44. The molecule has 0 spiro atoms. The van der Waals surface area contributed by atoms with Crippen molar-refractivity contribution >= 4 is 23.4 Å². The van der Waals surface area contributed by atoms with Gasteiger partial charge in [0.05, 0.1) is 0 Å². The highest BCUT2D eigenvalue weighted by Crippen LogP contribution is 2.21. The van der Waals surface area contributed by atoms with Gasteiger partial charge in [-0.15, -0.1) is 0 Å². The topological polar surface area (TPSA) is 91.3 Å². The van der Waals surface area contributed by atoms with Gasteiger partial charge < -0.3 is 5.11 Å². The third-order valence-electron chi connectivity index (χ3n) is 2.62. The summed E-state index contributed by atoms with van der Waals surface area (Å²) in [5.41, 5.74) is 2.76. The summed E-state index contributed by atoms with van der Waals surface area (Å²) in [7, 11) is 0. The molecule has 90 valence electrons. The summed E-state index contributed by atoms with van der Waals surface area (Å²) < 4.78 is 0. The van der Waals surface area contributed by atoms with Gasteiger partial charge in [0.1, 0.15) is 0 Å². The fourth-order valence-corrected chi connectivity index (χ4v) is 1.95. The first-order chi connectivity index (χ1) is 8.06. The molecule has 7 heteroatoms. The Bertz CT molecular complexity index is 453. The molecule has 0 radical (unpaired) electrons. The van der Waals surface area contributed by atoms with Crippen molar-refractivity contribution in [2.24, 2.45) is 0 Å². The van der Waals surface area contributed by atoms with Crippen molar-refractivity contribution in [1.82, 2.24) is 15.8 Å². The van der Waals surface area contributed by atoms with E-state index in [1.165, 1.54) is 6.20 Å². The van der Waals surface area contributed by atoms with E-state index in [-0.39, 0.29) is 6.42 Å². The lowest BCUT2D eigenvalue weighted by atomic mass is 9.89. The van der Waals surface area contributed by atoms with E-state index < -0.39 is 22.8 Å². The largest absolute Gasteiger partial charge is 0.479 e. The Hall–Kier alpha value is -1.50. The van der Waals surface area contributed by atoms with E-state index in [2.05, 4.69) is 15.8 Å². The van der Waals surface area contributed by atoms with Gasteiger partial charge in [-0.3, -0.25) is 9.78 Å². The Morgan fingerprint density at radius 3 is 2.88 bits per heavy atom. The highest BCUT2D eigenvalue weighted by Gasteiger charge is 2.53. The number of Topliss-reactive ketones (excluding diaryl/α,β-unsaturated/α-hetero) is 1. The monoisotopic (exact) mass is 255 g/mol. The number of nitrogens with one attached hydrogen (secondary N) is 2. The Kier molecular flexibility index (Phi) is 3.10. The maximum absolute atomic E-state index is 11.8. The molecule has 2 heterocycles.